The number of rotatable bonds is 6. The molecule has 1 fully saturated rings. The van der Waals surface area contributed by atoms with Gasteiger partial charge in [0.25, 0.3) is 10.1 Å². The molecule has 6 nitrogen and oxygen atoms in total. The summed E-state index contributed by atoms with van der Waals surface area (Å²) in [6.07, 6.45) is -0.560. The Bertz CT molecular complexity index is 985. The van der Waals surface area contributed by atoms with E-state index in [1.807, 2.05) is 0 Å². The van der Waals surface area contributed by atoms with Crippen LogP contribution in [0.4, 0.5) is 13.2 Å². The molecule has 0 N–H and O–H groups in total. The van der Waals surface area contributed by atoms with Crippen LogP contribution in [0.2, 0.25) is 0 Å². The summed E-state index contributed by atoms with van der Waals surface area (Å²) in [4.78, 5) is -0.177. The number of nitrogens with zero attached hydrogens (tertiary/aromatic N) is 1. The summed E-state index contributed by atoms with van der Waals surface area (Å²) in [6, 6.07) is 3.47. The van der Waals surface area contributed by atoms with E-state index in [4.69, 9.17) is 0 Å². The Labute approximate surface area is 175 Å². The van der Waals surface area contributed by atoms with Crippen LogP contribution in [0.1, 0.15) is 31.2 Å². The Morgan fingerprint density at radius 2 is 1.63 bits per heavy atom. The molecule has 11 heteroatoms. The molecule has 1 saturated carbocycles. The highest BCUT2D eigenvalue weighted by atomic mass is 32.2. The van der Waals surface area contributed by atoms with Gasteiger partial charge in [0.15, 0.2) is 0 Å². The monoisotopic (exact) mass is 467 g/mol. The highest BCUT2D eigenvalue weighted by Gasteiger charge is 2.31. The van der Waals surface area contributed by atoms with Gasteiger partial charge in [-0.3, -0.25) is 4.18 Å². The Kier molecular flexibility index (Phi) is 7.96. The third-order valence-electron chi connectivity index (χ3n) is 4.90. The number of halogens is 3. The molecule has 1 aromatic rings. The van der Waals surface area contributed by atoms with Gasteiger partial charge in [0.2, 0.25) is 10.0 Å². The molecule has 1 aromatic carbocycles. The van der Waals surface area contributed by atoms with Gasteiger partial charge in [0.05, 0.1) is 16.7 Å². The molecule has 2 rings (SSSR count). The predicted octanol–water partition coefficient (Wildman–Crippen LogP) is 3.11. The van der Waals surface area contributed by atoms with Gasteiger partial charge < -0.3 is 0 Å². The molecule has 0 spiro atoms. The standard InChI is InChI=1S/C19H24F3NO5S2/c1-23(30(26,27)18-11-9-17(10-12-18)19(20,21)22)14-16-7-5-15(6-8-16)4-3-13-28-29(2,24)25/h9-12,15-16H,5-8,13-14H2,1-2H3. The van der Waals surface area contributed by atoms with Crippen molar-refractivity contribution in [3.63, 3.8) is 0 Å². The lowest BCUT2D eigenvalue weighted by Crippen LogP contribution is -2.33. The highest BCUT2D eigenvalue weighted by Crippen LogP contribution is 2.32. The van der Waals surface area contributed by atoms with Crippen molar-refractivity contribution < 1.29 is 34.2 Å². The molecule has 0 heterocycles. The van der Waals surface area contributed by atoms with Crippen molar-refractivity contribution in [1.29, 1.82) is 0 Å². The Morgan fingerprint density at radius 3 is 2.13 bits per heavy atom. The van der Waals surface area contributed by atoms with E-state index in [2.05, 4.69) is 16.0 Å². The van der Waals surface area contributed by atoms with Crippen molar-refractivity contribution in [3.05, 3.63) is 29.8 Å². The van der Waals surface area contributed by atoms with Gasteiger partial charge in [-0.2, -0.15) is 21.6 Å². The van der Waals surface area contributed by atoms with Gasteiger partial charge in [-0.15, -0.1) is 0 Å². The molecule has 0 saturated heterocycles. The first-order chi connectivity index (χ1) is 13.8. The average Bonchev–Trinajstić information content (AvgIpc) is 2.65. The van der Waals surface area contributed by atoms with Crippen LogP contribution in [-0.4, -0.2) is 47.6 Å². The molecule has 30 heavy (non-hydrogen) atoms. The normalized spacial score (nSPS) is 20.6. The Morgan fingerprint density at radius 1 is 1.07 bits per heavy atom. The maximum Gasteiger partial charge on any atom is 0.416 e. The molecule has 0 bridgehead atoms. The lowest BCUT2D eigenvalue weighted by molar-refractivity contribution is -0.137. The summed E-state index contributed by atoms with van der Waals surface area (Å²) in [5, 5.41) is 0. The molecule has 0 amide bonds. The number of hydrogen-bond donors (Lipinski definition) is 0. The minimum Gasteiger partial charge on any atom is -0.257 e. The van der Waals surface area contributed by atoms with Crippen LogP contribution >= 0.6 is 0 Å². The van der Waals surface area contributed by atoms with Crippen LogP contribution in [-0.2, 0) is 30.5 Å². The number of sulfonamides is 1. The minimum absolute atomic E-state index is 0.0984. The van der Waals surface area contributed by atoms with Gasteiger partial charge in [-0.25, -0.2) is 12.7 Å². The quantitative estimate of drug-likeness (QED) is 0.474. The van der Waals surface area contributed by atoms with E-state index in [-0.39, 0.29) is 29.9 Å². The van der Waals surface area contributed by atoms with Crippen molar-refractivity contribution in [2.45, 2.75) is 36.8 Å². The fourth-order valence-corrected chi connectivity index (χ4v) is 4.79. The zero-order valence-electron chi connectivity index (χ0n) is 16.6. The van der Waals surface area contributed by atoms with Crippen LogP contribution < -0.4 is 0 Å². The van der Waals surface area contributed by atoms with Gasteiger partial charge in [0, 0.05) is 19.5 Å². The second-order valence-electron chi connectivity index (χ2n) is 7.31. The zero-order valence-corrected chi connectivity index (χ0v) is 18.3. The summed E-state index contributed by atoms with van der Waals surface area (Å²) in [5.74, 6) is 5.88. The second kappa shape index (κ2) is 9.68. The maximum atomic E-state index is 12.7. The Hall–Kier alpha value is -1.61. The number of alkyl halides is 3. The second-order valence-corrected chi connectivity index (χ2v) is 11.0. The lowest BCUT2D eigenvalue weighted by atomic mass is 9.82. The molecule has 0 radical (unpaired) electrons. The number of benzene rings is 1. The van der Waals surface area contributed by atoms with E-state index in [0.29, 0.717) is 0 Å². The van der Waals surface area contributed by atoms with Gasteiger partial charge in [-0.05, 0) is 55.9 Å². The fourth-order valence-electron chi connectivity index (χ4n) is 3.27. The van der Waals surface area contributed by atoms with E-state index in [1.54, 1.807) is 0 Å². The van der Waals surface area contributed by atoms with Crippen LogP contribution in [0.3, 0.4) is 0 Å². The largest absolute Gasteiger partial charge is 0.416 e. The number of hydrogen-bond acceptors (Lipinski definition) is 5. The van der Waals surface area contributed by atoms with Crippen molar-refractivity contribution >= 4 is 20.1 Å². The summed E-state index contributed by atoms with van der Waals surface area (Å²) >= 11 is 0. The van der Waals surface area contributed by atoms with Crippen LogP contribution in [0.15, 0.2) is 29.2 Å². The molecule has 0 aliphatic heterocycles. The summed E-state index contributed by atoms with van der Waals surface area (Å²) in [7, 11) is -5.98. The van der Waals surface area contributed by atoms with E-state index >= 15 is 0 Å². The molecule has 1 aliphatic rings. The first kappa shape index (κ1) is 24.7. The van der Waals surface area contributed by atoms with Crippen LogP contribution in [0, 0.1) is 23.7 Å². The predicted molar refractivity (Wildman–Crippen MR) is 105 cm³/mol. The van der Waals surface area contributed by atoms with Crippen molar-refractivity contribution in [3.8, 4) is 11.8 Å². The molecular formula is C19H24F3NO5S2. The minimum atomic E-state index is -4.52. The molecule has 0 aromatic heterocycles. The lowest BCUT2D eigenvalue weighted by Gasteiger charge is -2.29. The van der Waals surface area contributed by atoms with Crippen molar-refractivity contribution in [1.82, 2.24) is 4.31 Å². The first-order valence-corrected chi connectivity index (χ1v) is 12.5. The SMILES string of the molecule is CN(CC1CCC(C#CCOS(C)(=O)=O)CC1)S(=O)(=O)c1ccc(C(F)(F)F)cc1. The molecule has 0 atom stereocenters. The van der Waals surface area contributed by atoms with Crippen molar-refractivity contribution in [2.75, 3.05) is 26.5 Å². The van der Waals surface area contributed by atoms with Gasteiger partial charge >= 0.3 is 6.18 Å². The molecule has 0 unspecified atom stereocenters. The third kappa shape index (κ3) is 7.27. The highest BCUT2D eigenvalue weighted by molar-refractivity contribution is 7.89. The molecular weight excluding hydrogens is 443 g/mol. The van der Waals surface area contributed by atoms with Crippen molar-refractivity contribution in [2.24, 2.45) is 11.8 Å². The molecule has 168 valence electrons. The van der Waals surface area contributed by atoms with E-state index < -0.39 is 31.9 Å². The third-order valence-corrected chi connectivity index (χ3v) is 7.29. The van der Waals surface area contributed by atoms with Gasteiger partial charge in [-0.1, -0.05) is 11.8 Å². The van der Waals surface area contributed by atoms with E-state index in [9.17, 15) is 30.0 Å². The summed E-state index contributed by atoms with van der Waals surface area (Å²) in [6.45, 7) is 0.0770. The smallest absolute Gasteiger partial charge is 0.257 e. The summed E-state index contributed by atoms with van der Waals surface area (Å²) in [5.41, 5.74) is -0.898. The van der Waals surface area contributed by atoms with Gasteiger partial charge in [0.1, 0.15) is 6.61 Å². The van der Waals surface area contributed by atoms with E-state index in [0.717, 1.165) is 56.2 Å². The van der Waals surface area contributed by atoms with Crippen LogP contribution in [0.5, 0.6) is 0 Å². The van der Waals surface area contributed by atoms with Crippen LogP contribution in [0.25, 0.3) is 0 Å². The van der Waals surface area contributed by atoms with E-state index in [1.165, 1.54) is 11.4 Å². The fraction of sp³-hybridized carbons (Fsp3) is 0.579. The average molecular weight is 468 g/mol. The Balaban J connectivity index is 1.89. The maximum absolute atomic E-state index is 12.7. The first-order valence-electron chi connectivity index (χ1n) is 9.25. The summed E-state index contributed by atoms with van der Waals surface area (Å²) < 4.78 is 90.8. The topological polar surface area (TPSA) is 80.8 Å². The molecule has 1 aliphatic carbocycles. The zero-order chi connectivity index (χ0) is 22.6.